The van der Waals surface area contributed by atoms with Gasteiger partial charge in [0, 0.05) is 11.8 Å². The van der Waals surface area contributed by atoms with Crippen LogP contribution in [0, 0.1) is 10.1 Å². The molecule has 0 spiro atoms. The van der Waals surface area contributed by atoms with Gasteiger partial charge in [-0.25, -0.2) is 0 Å². The third kappa shape index (κ3) is 3.80. The Morgan fingerprint density at radius 3 is 2.29 bits per heavy atom. The molecule has 2 aromatic carbocycles. The molecule has 0 saturated heterocycles. The predicted octanol–water partition coefficient (Wildman–Crippen LogP) is 3.87. The minimum atomic E-state index is -4.47. The third-order valence-electron chi connectivity index (χ3n) is 3.11. The van der Waals surface area contributed by atoms with Crippen molar-refractivity contribution in [1.29, 1.82) is 0 Å². The number of methoxy groups -OCH3 is 1. The summed E-state index contributed by atoms with van der Waals surface area (Å²) in [5, 5.41) is 13.1. The number of carbonyl (C=O) groups is 1. The number of nitrogens with one attached hydrogen (secondary N) is 1. The number of nitro groups is 1. The number of amides is 1. The summed E-state index contributed by atoms with van der Waals surface area (Å²) in [4.78, 5) is 22.2. The Kier molecular flexibility index (Phi) is 4.72. The Balaban J connectivity index is 2.22. The second-order valence-electron chi connectivity index (χ2n) is 4.67. The van der Waals surface area contributed by atoms with E-state index < -0.39 is 22.6 Å². The molecular formula is C15H11F3N2O4. The zero-order valence-electron chi connectivity index (χ0n) is 12.3. The van der Waals surface area contributed by atoms with E-state index in [0.29, 0.717) is 0 Å². The van der Waals surface area contributed by atoms with E-state index in [1.807, 2.05) is 0 Å². The van der Waals surface area contributed by atoms with Crippen LogP contribution in [0.25, 0.3) is 0 Å². The Labute approximate surface area is 134 Å². The molecule has 6 nitrogen and oxygen atoms in total. The van der Waals surface area contributed by atoms with Gasteiger partial charge >= 0.3 is 6.18 Å². The van der Waals surface area contributed by atoms with E-state index in [1.54, 1.807) is 0 Å². The zero-order valence-corrected chi connectivity index (χ0v) is 12.3. The van der Waals surface area contributed by atoms with Crippen LogP contribution in [0.3, 0.4) is 0 Å². The van der Waals surface area contributed by atoms with Gasteiger partial charge in [0.2, 0.25) is 0 Å². The van der Waals surface area contributed by atoms with Gasteiger partial charge in [-0.15, -0.1) is 0 Å². The number of non-ortho nitro benzene ring substituents is 1. The lowest BCUT2D eigenvalue weighted by Gasteiger charge is -2.10. The van der Waals surface area contributed by atoms with E-state index in [2.05, 4.69) is 5.32 Å². The number of benzene rings is 2. The molecule has 0 aliphatic rings. The molecule has 1 amide bonds. The number of nitro benzene ring substituents is 1. The number of halogens is 3. The second-order valence-corrected chi connectivity index (χ2v) is 4.67. The summed E-state index contributed by atoms with van der Waals surface area (Å²) in [6.07, 6.45) is -4.47. The standard InChI is InChI=1S/C15H11F3N2O4/c1-24-13-8-11(20(22)23)6-7-12(13)14(21)19-10-4-2-9(3-5-10)15(16,17)18/h2-8H,1H3,(H,19,21). The number of hydrogen-bond acceptors (Lipinski definition) is 4. The van der Waals surface area contributed by atoms with Crippen LogP contribution in [0.1, 0.15) is 15.9 Å². The summed E-state index contributed by atoms with van der Waals surface area (Å²) in [6.45, 7) is 0. The lowest BCUT2D eigenvalue weighted by atomic mass is 10.1. The molecule has 2 rings (SSSR count). The highest BCUT2D eigenvalue weighted by atomic mass is 19.4. The SMILES string of the molecule is COc1cc([N+](=O)[O-])ccc1C(=O)Nc1ccc(C(F)(F)F)cc1. The maximum absolute atomic E-state index is 12.5. The van der Waals surface area contributed by atoms with Crippen LogP contribution < -0.4 is 10.1 Å². The van der Waals surface area contributed by atoms with Gasteiger partial charge in [-0.3, -0.25) is 14.9 Å². The highest BCUT2D eigenvalue weighted by Gasteiger charge is 2.30. The number of rotatable bonds is 4. The average Bonchev–Trinajstić information content (AvgIpc) is 2.53. The summed E-state index contributed by atoms with van der Waals surface area (Å²) < 4.78 is 42.4. The fraction of sp³-hybridized carbons (Fsp3) is 0.133. The molecule has 0 saturated carbocycles. The molecule has 0 aliphatic carbocycles. The van der Waals surface area contributed by atoms with Gasteiger partial charge in [-0.05, 0) is 30.3 Å². The van der Waals surface area contributed by atoms with Gasteiger partial charge in [0.1, 0.15) is 5.75 Å². The molecule has 0 atom stereocenters. The maximum atomic E-state index is 12.5. The van der Waals surface area contributed by atoms with Crippen LogP contribution in [0.5, 0.6) is 5.75 Å². The normalized spacial score (nSPS) is 11.0. The first-order valence-electron chi connectivity index (χ1n) is 6.53. The van der Waals surface area contributed by atoms with Crippen molar-refractivity contribution in [3.8, 4) is 5.75 Å². The summed E-state index contributed by atoms with van der Waals surface area (Å²) >= 11 is 0. The van der Waals surface area contributed by atoms with Crippen molar-refractivity contribution in [3.63, 3.8) is 0 Å². The monoisotopic (exact) mass is 340 g/mol. The van der Waals surface area contributed by atoms with E-state index in [0.717, 1.165) is 36.4 Å². The molecule has 24 heavy (non-hydrogen) atoms. The van der Waals surface area contributed by atoms with Crippen LogP contribution in [-0.2, 0) is 6.18 Å². The van der Waals surface area contributed by atoms with E-state index in [1.165, 1.54) is 13.2 Å². The van der Waals surface area contributed by atoms with Crippen molar-refractivity contribution in [3.05, 3.63) is 63.7 Å². The molecule has 0 heterocycles. The molecule has 1 N–H and O–H groups in total. The van der Waals surface area contributed by atoms with Gasteiger partial charge in [-0.2, -0.15) is 13.2 Å². The zero-order chi connectivity index (χ0) is 17.9. The van der Waals surface area contributed by atoms with Gasteiger partial charge in [0.15, 0.2) is 0 Å². The van der Waals surface area contributed by atoms with Crippen molar-refractivity contribution in [2.75, 3.05) is 12.4 Å². The smallest absolute Gasteiger partial charge is 0.416 e. The van der Waals surface area contributed by atoms with Crippen LogP contribution >= 0.6 is 0 Å². The quantitative estimate of drug-likeness (QED) is 0.676. The Bertz CT molecular complexity index is 773. The van der Waals surface area contributed by atoms with Crippen LogP contribution in [0.2, 0.25) is 0 Å². The molecule has 0 unspecified atom stereocenters. The number of hydrogen-bond donors (Lipinski definition) is 1. The number of alkyl halides is 3. The van der Waals surface area contributed by atoms with Crippen molar-refractivity contribution in [2.24, 2.45) is 0 Å². The molecule has 0 fully saturated rings. The fourth-order valence-corrected chi connectivity index (χ4v) is 1.92. The van der Waals surface area contributed by atoms with Gasteiger partial charge in [0.05, 0.1) is 29.2 Å². The molecule has 2 aromatic rings. The Morgan fingerprint density at radius 1 is 1.17 bits per heavy atom. The largest absolute Gasteiger partial charge is 0.496 e. The van der Waals surface area contributed by atoms with Crippen molar-refractivity contribution in [1.82, 2.24) is 0 Å². The van der Waals surface area contributed by atoms with E-state index in [4.69, 9.17) is 4.74 Å². The van der Waals surface area contributed by atoms with E-state index in [9.17, 15) is 28.1 Å². The lowest BCUT2D eigenvalue weighted by Crippen LogP contribution is -2.13. The highest BCUT2D eigenvalue weighted by molar-refractivity contribution is 6.06. The number of anilines is 1. The Hall–Kier alpha value is -3.10. The first-order valence-corrected chi connectivity index (χ1v) is 6.53. The lowest BCUT2D eigenvalue weighted by molar-refractivity contribution is -0.384. The molecule has 0 aromatic heterocycles. The number of carbonyl (C=O) groups excluding carboxylic acids is 1. The maximum Gasteiger partial charge on any atom is 0.416 e. The van der Waals surface area contributed by atoms with Crippen LogP contribution in [0.4, 0.5) is 24.5 Å². The van der Waals surface area contributed by atoms with Crippen molar-refractivity contribution < 1.29 is 27.6 Å². The first kappa shape index (κ1) is 17.3. The predicted molar refractivity (Wildman–Crippen MR) is 79.0 cm³/mol. The second kappa shape index (κ2) is 6.57. The molecule has 0 bridgehead atoms. The number of nitrogens with zero attached hydrogens (tertiary/aromatic N) is 1. The minimum absolute atomic E-state index is 0.0167. The summed E-state index contributed by atoms with van der Waals surface area (Å²) in [6, 6.07) is 7.31. The summed E-state index contributed by atoms with van der Waals surface area (Å²) in [5.41, 5.74) is -0.928. The average molecular weight is 340 g/mol. The van der Waals surface area contributed by atoms with Gasteiger partial charge < -0.3 is 10.1 Å². The fourth-order valence-electron chi connectivity index (χ4n) is 1.92. The molecule has 0 aliphatic heterocycles. The van der Waals surface area contributed by atoms with Gasteiger partial charge in [-0.1, -0.05) is 0 Å². The summed E-state index contributed by atoms with van der Waals surface area (Å²) in [5.74, 6) is -0.685. The van der Waals surface area contributed by atoms with E-state index in [-0.39, 0.29) is 22.7 Å². The molecular weight excluding hydrogens is 329 g/mol. The number of ether oxygens (including phenoxy) is 1. The molecule has 9 heteroatoms. The first-order chi connectivity index (χ1) is 11.2. The van der Waals surface area contributed by atoms with Crippen molar-refractivity contribution in [2.45, 2.75) is 6.18 Å². The topological polar surface area (TPSA) is 81.5 Å². The Morgan fingerprint density at radius 2 is 1.79 bits per heavy atom. The van der Waals surface area contributed by atoms with Crippen LogP contribution in [0.15, 0.2) is 42.5 Å². The highest BCUT2D eigenvalue weighted by Crippen LogP contribution is 2.30. The molecule has 126 valence electrons. The molecule has 0 radical (unpaired) electrons. The van der Waals surface area contributed by atoms with Gasteiger partial charge in [0.25, 0.3) is 11.6 Å². The minimum Gasteiger partial charge on any atom is -0.496 e. The third-order valence-corrected chi connectivity index (χ3v) is 3.11. The van der Waals surface area contributed by atoms with Crippen molar-refractivity contribution >= 4 is 17.3 Å². The summed E-state index contributed by atoms with van der Waals surface area (Å²) in [7, 11) is 1.24. The van der Waals surface area contributed by atoms with E-state index >= 15 is 0 Å². The van der Waals surface area contributed by atoms with Crippen LogP contribution in [-0.4, -0.2) is 17.9 Å².